The summed E-state index contributed by atoms with van der Waals surface area (Å²) < 4.78 is 0. The highest BCUT2D eigenvalue weighted by Gasteiger charge is 2.14. The summed E-state index contributed by atoms with van der Waals surface area (Å²) in [5.74, 6) is -0.0780. The summed E-state index contributed by atoms with van der Waals surface area (Å²) in [5, 5.41) is 20.0. The minimum atomic E-state index is -0.0575. The molecule has 0 atom stereocenters. The van der Waals surface area contributed by atoms with Gasteiger partial charge in [0.25, 0.3) is 0 Å². The van der Waals surface area contributed by atoms with E-state index in [1.807, 2.05) is 6.07 Å². The molecule has 0 fully saturated rings. The first kappa shape index (κ1) is 16.4. The fourth-order valence-electron chi connectivity index (χ4n) is 2.89. The van der Waals surface area contributed by atoms with E-state index < -0.39 is 0 Å². The van der Waals surface area contributed by atoms with Crippen molar-refractivity contribution in [2.45, 2.75) is 52.4 Å². The Balaban J connectivity index is 2.51. The topological polar surface area (TPSA) is 40.5 Å². The summed E-state index contributed by atoms with van der Waals surface area (Å²) >= 11 is 0. The Bertz CT molecular complexity index is 617. The molecule has 0 saturated carbocycles. The first-order chi connectivity index (χ1) is 10.7. The quantitative estimate of drug-likeness (QED) is 0.667. The van der Waals surface area contributed by atoms with Gasteiger partial charge in [0.2, 0.25) is 0 Å². The molecular weight excluding hydrogens is 272 g/mol. The SMILES string of the molecule is CCCCc1cccc(-c2cccc(O)c2O)c1CCCC. The van der Waals surface area contributed by atoms with Crippen molar-refractivity contribution in [3.63, 3.8) is 0 Å². The van der Waals surface area contributed by atoms with Crippen molar-refractivity contribution < 1.29 is 10.2 Å². The number of aryl methyl sites for hydroxylation is 1. The van der Waals surface area contributed by atoms with Crippen LogP contribution in [0.2, 0.25) is 0 Å². The molecule has 118 valence electrons. The molecule has 0 heterocycles. The van der Waals surface area contributed by atoms with Gasteiger partial charge >= 0.3 is 0 Å². The number of hydrogen-bond donors (Lipinski definition) is 2. The van der Waals surface area contributed by atoms with Gasteiger partial charge in [0.15, 0.2) is 11.5 Å². The molecule has 2 aromatic carbocycles. The van der Waals surface area contributed by atoms with E-state index in [4.69, 9.17) is 0 Å². The van der Waals surface area contributed by atoms with Gasteiger partial charge in [-0.1, -0.05) is 57.0 Å². The molecule has 0 aromatic heterocycles. The third-order valence-electron chi connectivity index (χ3n) is 4.16. The lowest BCUT2D eigenvalue weighted by Crippen LogP contribution is -1.98. The van der Waals surface area contributed by atoms with Crippen LogP contribution >= 0.6 is 0 Å². The smallest absolute Gasteiger partial charge is 0.165 e. The second-order valence-electron chi connectivity index (χ2n) is 5.82. The van der Waals surface area contributed by atoms with Gasteiger partial charge in [0.1, 0.15) is 0 Å². The lowest BCUT2D eigenvalue weighted by atomic mass is 9.89. The molecule has 0 radical (unpaired) electrons. The van der Waals surface area contributed by atoms with E-state index in [0.717, 1.165) is 36.8 Å². The number of aromatic hydroxyl groups is 2. The average molecular weight is 298 g/mol. The highest BCUT2D eigenvalue weighted by atomic mass is 16.3. The predicted molar refractivity (Wildman–Crippen MR) is 92.4 cm³/mol. The summed E-state index contributed by atoms with van der Waals surface area (Å²) in [7, 11) is 0. The Morgan fingerprint density at radius 1 is 0.773 bits per heavy atom. The van der Waals surface area contributed by atoms with Crippen LogP contribution in [0, 0.1) is 0 Å². The van der Waals surface area contributed by atoms with Crippen LogP contribution in [0.4, 0.5) is 0 Å². The number of benzene rings is 2. The van der Waals surface area contributed by atoms with Crippen LogP contribution in [0.5, 0.6) is 11.5 Å². The molecule has 0 aliphatic carbocycles. The number of para-hydroxylation sites is 1. The fourth-order valence-corrected chi connectivity index (χ4v) is 2.89. The summed E-state index contributed by atoms with van der Waals surface area (Å²) in [6.45, 7) is 4.40. The second-order valence-corrected chi connectivity index (χ2v) is 5.82. The van der Waals surface area contributed by atoms with Crippen LogP contribution < -0.4 is 0 Å². The summed E-state index contributed by atoms with van der Waals surface area (Å²) in [4.78, 5) is 0. The number of unbranched alkanes of at least 4 members (excludes halogenated alkanes) is 2. The summed E-state index contributed by atoms with van der Waals surface area (Å²) in [5.41, 5.74) is 4.47. The van der Waals surface area contributed by atoms with Gasteiger partial charge in [0.05, 0.1) is 0 Å². The van der Waals surface area contributed by atoms with E-state index in [-0.39, 0.29) is 11.5 Å². The molecule has 22 heavy (non-hydrogen) atoms. The first-order valence-corrected chi connectivity index (χ1v) is 8.31. The number of phenols is 2. The van der Waals surface area contributed by atoms with Gasteiger partial charge in [-0.15, -0.1) is 0 Å². The highest BCUT2D eigenvalue weighted by molar-refractivity contribution is 5.76. The summed E-state index contributed by atoms with van der Waals surface area (Å²) in [6, 6.07) is 11.5. The van der Waals surface area contributed by atoms with Crippen LogP contribution in [-0.4, -0.2) is 10.2 Å². The van der Waals surface area contributed by atoms with E-state index in [9.17, 15) is 10.2 Å². The van der Waals surface area contributed by atoms with Crippen molar-refractivity contribution in [1.29, 1.82) is 0 Å². The molecule has 0 unspecified atom stereocenters. The maximum atomic E-state index is 10.2. The molecule has 2 N–H and O–H groups in total. The minimum absolute atomic E-state index is 0.0205. The van der Waals surface area contributed by atoms with Gasteiger partial charge < -0.3 is 10.2 Å². The van der Waals surface area contributed by atoms with Crippen LogP contribution in [-0.2, 0) is 12.8 Å². The third-order valence-corrected chi connectivity index (χ3v) is 4.16. The molecule has 2 nitrogen and oxygen atoms in total. The number of hydrogen-bond acceptors (Lipinski definition) is 2. The number of phenolic OH excluding ortho intramolecular Hbond substituents is 2. The van der Waals surface area contributed by atoms with Crippen molar-refractivity contribution >= 4 is 0 Å². The summed E-state index contributed by atoms with van der Waals surface area (Å²) in [6.07, 6.45) is 6.72. The number of rotatable bonds is 7. The zero-order valence-electron chi connectivity index (χ0n) is 13.6. The molecule has 0 saturated heterocycles. The maximum Gasteiger partial charge on any atom is 0.165 e. The lowest BCUT2D eigenvalue weighted by Gasteiger charge is -2.16. The van der Waals surface area contributed by atoms with Crippen molar-refractivity contribution in [3.05, 3.63) is 47.5 Å². The second kappa shape index (κ2) is 7.88. The highest BCUT2D eigenvalue weighted by Crippen LogP contribution is 2.39. The van der Waals surface area contributed by atoms with Crippen LogP contribution in [0.3, 0.4) is 0 Å². The zero-order valence-corrected chi connectivity index (χ0v) is 13.6. The Morgan fingerprint density at radius 3 is 2.14 bits per heavy atom. The molecule has 2 aromatic rings. The molecule has 0 aliphatic heterocycles. The van der Waals surface area contributed by atoms with Crippen molar-refractivity contribution in [2.24, 2.45) is 0 Å². The largest absolute Gasteiger partial charge is 0.504 e. The molecular formula is C20H26O2. The van der Waals surface area contributed by atoms with Gasteiger partial charge in [-0.2, -0.15) is 0 Å². The van der Waals surface area contributed by atoms with E-state index in [1.54, 1.807) is 6.07 Å². The van der Waals surface area contributed by atoms with E-state index in [1.165, 1.54) is 30.0 Å². The van der Waals surface area contributed by atoms with E-state index >= 15 is 0 Å². The van der Waals surface area contributed by atoms with Gasteiger partial charge in [0, 0.05) is 5.56 Å². The third kappa shape index (κ3) is 3.62. The Labute approximate surface area is 133 Å². The van der Waals surface area contributed by atoms with Gasteiger partial charge in [-0.05, 0) is 48.4 Å². The first-order valence-electron chi connectivity index (χ1n) is 8.31. The van der Waals surface area contributed by atoms with Crippen molar-refractivity contribution in [3.8, 4) is 22.6 Å². The van der Waals surface area contributed by atoms with Crippen molar-refractivity contribution in [1.82, 2.24) is 0 Å². The van der Waals surface area contributed by atoms with Crippen molar-refractivity contribution in [2.75, 3.05) is 0 Å². The Kier molecular flexibility index (Phi) is 5.88. The molecule has 0 bridgehead atoms. The Hall–Kier alpha value is -1.96. The maximum absolute atomic E-state index is 10.2. The van der Waals surface area contributed by atoms with Crippen LogP contribution in [0.15, 0.2) is 36.4 Å². The van der Waals surface area contributed by atoms with Crippen LogP contribution in [0.25, 0.3) is 11.1 Å². The van der Waals surface area contributed by atoms with Crippen LogP contribution in [0.1, 0.15) is 50.7 Å². The van der Waals surface area contributed by atoms with Gasteiger partial charge in [-0.25, -0.2) is 0 Å². The zero-order chi connectivity index (χ0) is 15.9. The van der Waals surface area contributed by atoms with Gasteiger partial charge in [-0.3, -0.25) is 0 Å². The molecule has 0 amide bonds. The normalized spacial score (nSPS) is 10.8. The standard InChI is InChI=1S/C20H26O2/c1-3-5-9-15-10-7-12-17(16(15)11-6-4-2)18-13-8-14-19(21)20(18)22/h7-8,10,12-14,21-22H,3-6,9,11H2,1-2H3. The molecule has 0 aliphatic rings. The lowest BCUT2D eigenvalue weighted by molar-refractivity contribution is 0.405. The average Bonchev–Trinajstić information content (AvgIpc) is 2.54. The monoisotopic (exact) mass is 298 g/mol. The minimum Gasteiger partial charge on any atom is -0.504 e. The molecule has 2 heteroatoms. The molecule has 0 spiro atoms. The van der Waals surface area contributed by atoms with E-state index in [2.05, 4.69) is 32.0 Å². The fraction of sp³-hybridized carbons (Fsp3) is 0.400. The van der Waals surface area contributed by atoms with E-state index in [0.29, 0.717) is 0 Å². The molecule has 2 rings (SSSR count). The Morgan fingerprint density at radius 2 is 1.41 bits per heavy atom. The predicted octanol–water partition coefficient (Wildman–Crippen LogP) is 5.45.